The number of rotatable bonds is 7. The summed E-state index contributed by atoms with van der Waals surface area (Å²) in [6, 6.07) is 12.4. The Hall–Kier alpha value is -4.64. The number of carbonyl (C=O) groups is 2. The molecule has 194 valence electrons. The van der Waals surface area contributed by atoms with Crippen molar-refractivity contribution in [1.82, 2.24) is 34.5 Å². The fourth-order valence-corrected chi connectivity index (χ4v) is 4.47. The Labute approximate surface area is 220 Å². The van der Waals surface area contributed by atoms with Crippen LogP contribution in [0, 0.1) is 0 Å². The van der Waals surface area contributed by atoms with Crippen LogP contribution < -0.4 is 11.1 Å². The van der Waals surface area contributed by atoms with E-state index in [1.165, 1.54) is 6.33 Å². The van der Waals surface area contributed by atoms with E-state index in [0.29, 0.717) is 53.6 Å². The summed E-state index contributed by atoms with van der Waals surface area (Å²) < 4.78 is 1.85. The summed E-state index contributed by atoms with van der Waals surface area (Å²) in [5.41, 5.74) is 8.79. The van der Waals surface area contributed by atoms with Gasteiger partial charge < -0.3 is 20.9 Å². The average Bonchev–Trinajstić information content (AvgIpc) is 3.55. The van der Waals surface area contributed by atoms with Gasteiger partial charge in [-0.15, -0.1) is 0 Å². The molecule has 0 bridgehead atoms. The minimum Gasteiger partial charge on any atom is -0.383 e. The van der Waals surface area contributed by atoms with Crippen LogP contribution in [0.25, 0.3) is 22.3 Å². The molecule has 4 heterocycles. The first kappa shape index (κ1) is 25.0. The van der Waals surface area contributed by atoms with E-state index in [1.54, 1.807) is 42.6 Å². The van der Waals surface area contributed by atoms with Crippen LogP contribution in [0.15, 0.2) is 67.1 Å². The zero-order valence-electron chi connectivity index (χ0n) is 21.3. The SMILES string of the molecule is CN(C)C/C=C/C(=O)N1CC[C@@H](n2nc(-c3ccc(C(=O)Nc4ccccn4)cc3)c3c(N)ncnc32)C1. The number of nitrogens with one attached hydrogen (secondary N) is 1. The molecule has 0 radical (unpaired) electrons. The smallest absolute Gasteiger partial charge is 0.256 e. The molecule has 11 heteroatoms. The van der Waals surface area contributed by atoms with Crippen LogP contribution in [0.1, 0.15) is 22.8 Å². The molecule has 2 amide bonds. The van der Waals surface area contributed by atoms with Crippen molar-refractivity contribution in [2.45, 2.75) is 12.5 Å². The second-order valence-corrected chi connectivity index (χ2v) is 9.39. The van der Waals surface area contributed by atoms with Crippen molar-refractivity contribution in [2.75, 3.05) is 44.8 Å². The molecule has 3 N–H and O–H groups in total. The van der Waals surface area contributed by atoms with Crippen molar-refractivity contribution in [3.8, 4) is 11.3 Å². The molecule has 4 aromatic rings. The number of anilines is 2. The van der Waals surface area contributed by atoms with Crippen LogP contribution >= 0.6 is 0 Å². The maximum absolute atomic E-state index is 12.7. The van der Waals surface area contributed by atoms with Crippen LogP contribution in [0.4, 0.5) is 11.6 Å². The summed E-state index contributed by atoms with van der Waals surface area (Å²) in [5, 5.41) is 8.31. The van der Waals surface area contributed by atoms with Crippen LogP contribution in [0.3, 0.4) is 0 Å². The molecular weight excluding hydrogens is 482 g/mol. The van der Waals surface area contributed by atoms with Gasteiger partial charge in [-0.2, -0.15) is 5.10 Å². The maximum atomic E-state index is 12.7. The number of nitrogen functional groups attached to an aromatic ring is 1. The predicted octanol–water partition coefficient (Wildman–Crippen LogP) is 2.61. The quantitative estimate of drug-likeness (QED) is 0.362. The molecule has 1 aliphatic rings. The normalized spacial score (nSPS) is 15.6. The number of pyridine rings is 1. The molecule has 1 aliphatic heterocycles. The molecule has 0 spiro atoms. The number of nitrogens with two attached hydrogens (primary N) is 1. The highest BCUT2D eigenvalue weighted by molar-refractivity contribution is 6.04. The standard InChI is InChI=1S/C27H29N9O2/c1-34(2)14-5-7-22(37)35-15-12-20(16-35)36-26-23(25(28)30-17-31-26)24(33-36)18-8-10-19(11-9-18)27(38)32-21-6-3-4-13-29-21/h3-11,13,17,20H,12,14-16H2,1-2H3,(H2,28,30,31)(H,29,32,38)/b7-5+/t20-/m1/s1. The summed E-state index contributed by atoms with van der Waals surface area (Å²) in [7, 11) is 3.92. The van der Waals surface area contributed by atoms with Gasteiger partial charge in [-0.25, -0.2) is 19.6 Å². The maximum Gasteiger partial charge on any atom is 0.256 e. The lowest BCUT2D eigenvalue weighted by Gasteiger charge is -2.15. The summed E-state index contributed by atoms with van der Waals surface area (Å²) in [6.45, 7) is 1.86. The number of likely N-dealkylation sites (N-methyl/N-ethyl adjacent to an activating group) is 1. The first-order valence-corrected chi connectivity index (χ1v) is 12.3. The van der Waals surface area contributed by atoms with Gasteiger partial charge in [0.2, 0.25) is 5.91 Å². The molecular formula is C27H29N9O2. The molecule has 0 unspecified atom stereocenters. The van der Waals surface area contributed by atoms with Gasteiger partial charge in [-0.05, 0) is 44.8 Å². The molecule has 1 atom stereocenters. The lowest BCUT2D eigenvalue weighted by Crippen LogP contribution is -2.28. The Morgan fingerprint density at radius 1 is 1.13 bits per heavy atom. The van der Waals surface area contributed by atoms with Crippen LogP contribution in [0.2, 0.25) is 0 Å². The predicted molar refractivity (Wildman–Crippen MR) is 145 cm³/mol. The zero-order chi connectivity index (χ0) is 26.6. The molecule has 0 saturated carbocycles. The average molecular weight is 512 g/mol. The van der Waals surface area contributed by atoms with E-state index in [-0.39, 0.29) is 17.9 Å². The highest BCUT2D eigenvalue weighted by Crippen LogP contribution is 2.34. The summed E-state index contributed by atoms with van der Waals surface area (Å²) in [4.78, 5) is 41.9. The van der Waals surface area contributed by atoms with Crippen molar-refractivity contribution < 1.29 is 9.59 Å². The Kier molecular flexibility index (Phi) is 7.09. The molecule has 1 aromatic carbocycles. The van der Waals surface area contributed by atoms with Gasteiger partial charge in [0.05, 0.1) is 11.4 Å². The van der Waals surface area contributed by atoms with E-state index in [1.807, 2.05) is 46.8 Å². The van der Waals surface area contributed by atoms with Gasteiger partial charge in [0.1, 0.15) is 23.7 Å². The van der Waals surface area contributed by atoms with Crippen LogP contribution in [-0.4, -0.2) is 80.1 Å². The summed E-state index contributed by atoms with van der Waals surface area (Å²) >= 11 is 0. The van der Waals surface area contributed by atoms with E-state index < -0.39 is 0 Å². The topological polar surface area (TPSA) is 135 Å². The number of benzene rings is 1. The summed E-state index contributed by atoms with van der Waals surface area (Å²) in [6.07, 6.45) is 7.28. The molecule has 5 rings (SSSR count). The van der Waals surface area contributed by atoms with Gasteiger partial charge in [0, 0.05) is 43.0 Å². The van der Waals surface area contributed by atoms with Gasteiger partial charge in [-0.1, -0.05) is 24.3 Å². The third kappa shape index (κ3) is 5.23. The van der Waals surface area contributed by atoms with Gasteiger partial charge in [0.25, 0.3) is 5.91 Å². The zero-order valence-corrected chi connectivity index (χ0v) is 21.3. The van der Waals surface area contributed by atoms with Gasteiger partial charge >= 0.3 is 0 Å². The first-order valence-electron chi connectivity index (χ1n) is 12.3. The Morgan fingerprint density at radius 2 is 1.95 bits per heavy atom. The number of hydrogen-bond acceptors (Lipinski definition) is 8. The number of carbonyl (C=O) groups excluding carboxylic acids is 2. The van der Waals surface area contributed by atoms with Gasteiger partial charge in [-0.3, -0.25) is 9.59 Å². The first-order chi connectivity index (χ1) is 18.4. The van der Waals surface area contributed by atoms with Crippen molar-refractivity contribution in [2.24, 2.45) is 0 Å². The second kappa shape index (κ2) is 10.8. The lowest BCUT2D eigenvalue weighted by molar-refractivity contribution is -0.125. The number of hydrogen-bond donors (Lipinski definition) is 2. The fourth-order valence-electron chi connectivity index (χ4n) is 4.47. The molecule has 11 nitrogen and oxygen atoms in total. The third-order valence-electron chi connectivity index (χ3n) is 6.40. The van der Waals surface area contributed by atoms with E-state index >= 15 is 0 Å². The Balaban J connectivity index is 1.39. The number of aromatic nitrogens is 5. The molecule has 1 fully saturated rings. The molecule has 3 aromatic heterocycles. The van der Waals surface area contributed by atoms with E-state index in [0.717, 1.165) is 12.0 Å². The van der Waals surface area contributed by atoms with Crippen molar-refractivity contribution >= 4 is 34.5 Å². The second-order valence-electron chi connectivity index (χ2n) is 9.39. The van der Waals surface area contributed by atoms with E-state index in [9.17, 15) is 9.59 Å². The third-order valence-corrected chi connectivity index (χ3v) is 6.40. The van der Waals surface area contributed by atoms with Gasteiger partial charge in [0.15, 0.2) is 5.65 Å². The largest absolute Gasteiger partial charge is 0.383 e. The number of nitrogens with zero attached hydrogens (tertiary/aromatic N) is 7. The molecule has 1 saturated heterocycles. The van der Waals surface area contributed by atoms with Crippen molar-refractivity contribution in [3.05, 3.63) is 72.7 Å². The van der Waals surface area contributed by atoms with E-state index in [4.69, 9.17) is 10.8 Å². The molecule has 38 heavy (non-hydrogen) atoms. The van der Waals surface area contributed by atoms with E-state index in [2.05, 4.69) is 20.3 Å². The molecule has 0 aliphatic carbocycles. The highest BCUT2D eigenvalue weighted by atomic mass is 16.2. The number of amides is 2. The monoisotopic (exact) mass is 511 g/mol. The Morgan fingerprint density at radius 3 is 2.68 bits per heavy atom. The van der Waals surface area contributed by atoms with Crippen LogP contribution in [0.5, 0.6) is 0 Å². The fraction of sp³-hybridized carbons (Fsp3) is 0.259. The minimum atomic E-state index is -0.260. The minimum absolute atomic E-state index is 0.0141. The lowest BCUT2D eigenvalue weighted by atomic mass is 10.1. The summed E-state index contributed by atoms with van der Waals surface area (Å²) in [5.74, 6) is 0.530. The van der Waals surface area contributed by atoms with Crippen LogP contribution in [-0.2, 0) is 4.79 Å². The highest BCUT2D eigenvalue weighted by Gasteiger charge is 2.30. The number of fused-ring (bicyclic) bond motifs is 1. The van der Waals surface area contributed by atoms with Crippen molar-refractivity contribution in [3.63, 3.8) is 0 Å². The number of likely N-dealkylation sites (tertiary alicyclic amines) is 1. The Bertz CT molecular complexity index is 1480. The van der Waals surface area contributed by atoms with Crippen molar-refractivity contribution in [1.29, 1.82) is 0 Å².